The molecule has 2 unspecified atom stereocenters. The van der Waals surface area contributed by atoms with Gasteiger partial charge in [0.1, 0.15) is 0 Å². The van der Waals surface area contributed by atoms with Crippen LogP contribution in [0.5, 0.6) is 0 Å². The van der Waals surface area contributed by atoms with Gasteiger partial charge in [-0.15, -0.1) is 0 Å². The van der Waals surface area contributed by atoms with Crippen molar-refractivity contribution in [2.75, 3.05) is 32.8 Å². The first-order chi connectivity index (χ1) is 9.33. The maximum Gasteiger partial charge on any atom is 0.0590 e. The van der Waals surface area contributed by atoms with E-state index in [1.54, 1.807) is 0 Å². The van der Waals surface area contributed by atoms with Crippen LogP contribution in [-0.2, 0) is 4.74 Å². The monoisotopic (exact) mass is 268 g/mol. The zero-order valence-electron chi connectivity index (χ0n) is 12.9. The maximum atomic E-state index is 5.90. The predicted octanol–water partition coefficient (Wildman–Crippen LogP) is 2.66. The van der Waals surface area contributed by atoms with Gasteiger partial charge in [-0.05, 0) is 57.7 Å². The lowest BCUT2D eigenvalue weighted by atomic mass is 9.94. The fraction of sp³-hybridized carbons (Fsp3) is 1.00. The van der Waals surface area contributed by atoms with E-state index in [-0.39, 0.29) is 0 Å². The highest BCUT2D eigenvalue weighted by Gasteiger charge is 2.27. The van der Waals surface area contributed by atoms with Gasteiger partial charge in [-0.1, -0.05) is 20.3 Å². The molecule has 2 aliphatic rings. The summed E-state index contributed by atoms with van der Waals surface area (Å²) in [6.45, 7) is 10.5. The molecular weight excluding hydrogens is 236 g/mol. The lowest BCUT2D eigenvalue weighted by Crippen LogP contribution is -2.45. The number of rotatable bonds is 6. The SMILES string of the molecule is CCCC1CC(N(CC)CC2CCNCC2)CCO1. The molecule has 3 nitrogen and oxygen atoms in total. The Kier molecular flexibility index (Phi) is 6.62. The van der Waals surface area contributed by atoms with Gasteiger partial charge >= 0.3 is 0 Å². The second-order valence-corrected chi connectivity index (χ2v) is 6.24. The van der Waals surface area contributed by atoms with Gasteiger partial charge in [-0.3, -0.25) is 0 Å². The highest BCUT2D eigenvalue weighted by atomic mass is 16.5. The molecular formula is C16H32N2O. The number of nitrogens with zero attached hydrogens (tertiary/aromatic N) is 1. The number of ether oxygens (including phenoxy) is 1. The van der Waals surface area contributed by atoms with Crippen LogP contribution >= 0.6 is 0 Å². The standard InChI is InChI=1S/C16H32N2O/c1-3-5-16-12-15(8-11-19-16)18(4-2)13-14-6-9-17-10-7-14/h14-17H,3-13H2,1-2H3. The summed E-state index contributed by atoms with van der Waals surface area (Å²) in [6, 6.07) is 0.769. The first-order valence-corrected chi connectivity index (χ1v) is 8.39. The fourth-order valence-corrected chi connectivity index (χ4v) is 3.65. The quantitative estimate of drug-likeness (QED) is 0.801. The summed E-state index contributed by atoms with van der Waals surface area (Å²) >= 11 is 0. The second kappa shape index (κ2) is 8.23. The minimum atomic E-state index is 0.519. The van der Waals surface area contributed by atoms with Crippen molar-refractivity contribution in [3.63, 3.8) is 0 Å². The van der Waals surface area contributed by atoms with Crippen LogP contribution in [-0.4, -0.2) is 49.8 Å². The van der Waals surface area contributed by atoms with Crippen LogP contribution in [0.3, 0.4) is 0 Å². The molecule has 0 spiro atoms. The Balaban J connectivity index is 1.81. The molecule has 0 radical (unpaired) electrons. The molecule has 2 atom stereocenters. The van der Waals surface area contributed by atoms with Crippen LogP contribution in [0.2, 0.25) is 0 Å². The van der Waals surface area contributed by atoms with E-state index in [1.807, 2.05) is 0 Å². The van der Waals surface area contributed by atoms with Crippen LogP contribution in [0.4, 0.5) is 0 Å². The predicted molar refractivity (Wildman–Crippen MR) is 80.5 cm³/mol. The Morgan fingerprint density at radius 1 is 1.16 bits per heavy atom. The van der Waals surface area contributed by atoms with Gasteiger partial charge in [-0.25, -0.2) is 0 Å². The van der Waals surface area contributed by atoms with Crippen molar-refractivity contribution in [3.05, 3.63) is 0 Å². The highest BCUT2D eigenvalue weighted by molar-refractivity contribution is 4.81. The fourth-order valence-electron chi connectivity index (χ4n) is 3.65. The largest absolute Gasteiger partial charge is 0.378 e. The summed E-state index contributed by atoms with van der Waals surface area (Å²) in [6.07, 6.45) is 8.21. The minimum Gasteiger partial charge on any atom is -0.378 e. The van der Waals surface area contributed by atoms with Gasteiger partial charge in [-0.2, -0.15) is 0 Å². The molecule has 0 aromatic heterocycles. The lowest BCUT2D eigenvalue weighted by Gasteiger charge is -2.39. The smallest absolute Gasteiger partial charge is 0.0590 e. The van der Waals surface area contributed by atoms with Gasteiger partial charge in [0.05, 0.1) is 6.10 Å². The zero-order chi connectivity index (χ0) is 13.5. The summed E-state index contributed by atoms with van der Waals surface area (Å²) in [5.41, 5.74) is 0. The van der Waals surface area contributed by atoms with E-state index in [2.05, 4.69) is 24.1 Å². The highest BCUT2D eigenvalue weighted by Crippen LogP contribution is 2.24. The molecule has 3 heteroatoms. The molecule has 0 bridgehead atoms. The van der Waals surface area contributed by atoms with Crippen LogP contribution in [0.25, 0.3) is 0 Å². The van der Waals surface area contributed by atoms with Crippen LogP contribution in [0.15, 0.2) is 0 Å². The van der Waals surface area contributed by atoms with Crippen molar-refractivity contribution in [2.45, 2.75) is 64.5 Å². The first-order valence-electron chi connectivity index (χ1n) is 8.39. The van der Waals surface area contributed by atoms with Gasteiger partial charge in [0.15, 0.2) is 0 Å². The number of hydrogen-bond acceptors (Lipinski definition) is 3. The summed E-state index contributed by atoms with van der Waals surface area (Å²) in [5.74, 6) is 0.911. The third kappa shape index (κ3) is 4.73. The van der Waals surface area contributed by atoms with Crippen LogP contribution < -0.4 is 5.32 Å². The molecule has 2 rings (SSSR count). The molecule has 0 saturated carbocycles. The summed E-state index contributed by atoms with van der Waals surface area (Å²) < 4.78 is 5.90. The zero-order valence-corrected chi connectivity index (χ0v) is 12.9. The molecule has 2 fully saturated rings. The van der Waals surface area contributed by atoms with Crippen molar-refractivity contribution in [2.24, 2.45) is 5.92 Å². The van der Waals surface area contributed by atoms with Crippen molar-refractivity contribution >= 4 is 0 Å². The molecule has 0 aromatic carbocycles. The number of hydrogen-bond donors (Lipinski definition) is 1. The topological polar surface area (TPSA) is 24.5 Å². The van der Waals surface area contributed by atoms with Crippen LogP contribution in [0, 0.1) is 5.92 Å². The lowest BCUT2D eigenvalue weighted by molar-refractivity contribution is -0.0332. The second-order valence-electron chi connectivity index (χ2n) is 6.24. The van der Waals surface area contributed by atoms with E-state index in [0.717, 1.165) is 18.6 Å². The minimum absolute atomic E-state index is 0.519. The Morgan fingerprint density at radius 2 is 1.95 bits per heavy atom. The molecule has 2 aliphatic heterocycles. The van der Waals surface area contributed by atoms with E-state index in [9.17, 15) is 0 Å². The number of piperidine rings is 1. The summed E-state index contributed by atoms with van der Waals surface area (Å²) in [4.78, 5) is 2.74. The van der Waals surface area contributed by atoms with Gasteiger partial charge in [0.2, 0.25) is 0 Å². The molecule has 0 aromatic rings. The maximum absolute atomic E-state index is 5.90. The van der Waals surface area contributed by atoms with Gasteiger partial charge in [0, 0.05) is 19.2 Å². The van der Waals surface area contributed by atoms with E-state index in [4.69, 9.17) is 4.74 Å². The molecule has 0 amide bonds. The Labute approximate surface area is 119 Å². The third-order valence-corrected chi connectivity index (χ3v) is 4.82. The van der Waals surface area contributed by atoms with Crippen molar-refractivity contribution in [1.82, 2.24) is 10.2 Å². The normalized spacial score (nSPS) is 29.8. The molecule has 0 aliphatic carbocycles. The van der Waals surface area contributed by atoms with Crippen molar-refractivity contribution < 1.29 is 4.74 Å². The van der Waals surface area contributed by atoms with Crippen molar-refractivity contribution in [1.29, 1.82) is 0 Å². The van der Waals surface area contributed by atoms with Crippen LogP contribution in [0.1, 0.15) is 52.4 Å². The van der Waals surface area contributed by atoms with E-state index < -0.39 is 0 Å². The van der Waals surface area contributed by atoms with E-state index in [1.165, 1.54) is 64.7 Å². The summed E-state index contributed by atoms with van der Waals surface area (Å²) in [5, 5.41) is 3.47. The third-order valence-electron chi connectivity index (χ3n) is 4.82. The molecule has 112 valence electrons. The molecule has 2 saturated heterocycles. The average Bonchev–Trinajstić information content (AvgIpc) is 2.46. The van der Waals surface area contributed by atoms with Gasteiger partial charge < -0.3 is 15.0 Å². The molecule has 1 N–H and O–H groups in total. The van der Waals surface area contributed by atoms with Gasteiger partial charge in [0.25, 0.3) is 0 Å². The Bertz CT molecular complexity index is 239. The number of nitrogens with one attached hydrogen (secondary N) is 1. The first kappa shape index (κ1) is 15.3. The molecule has 19 heavy (non-hydrogen) atoms. The van der Waals surface area contributed by atoms with E-state index >= 15 is 0 Å². The van der Waals surface area contributed by atoms with Crippen molar-refractivity contribution in [3.8, 4) is 0 Å². The van der Waals surface area contributed by atoms with E-state index in [0.29, 0.717) is 6.10 Å². The Hall–Kier alpha value is -0.120. The average molecular weight is 268 g/mol. The summed E-state index contributed by atoms with van der Waals surface area (Å²) in [7, 11) is 0. The Morgan fingerprint density at radius 3 is 2.63 bits per heavy atom. The molecule has 2 heterocycles.